The van der Waals surface area contributed by atoms with Gasteiger partial charge in [-0.25, -0.2) is 14.6 Å². The average Bonchev–Trinajstić information content (AvgIpc) is 3.30. The van der Waals surface area contributed by atoms with Crippen molar-refractivity contribution in [2.45, 2.75) is 20.4 Å². The van der Waals surface area contributed by atoms with Crippen molar-refractivity contribution in [1.82, 2.24) is 29.9 Å². The normalized spacial score (nSPS) is 11.4. The van der Waals surface area contributed by atoms with E-state index in [1.807, 2.05) is 18.2 Å². The Bertz CT molecular complexity index is 1060. The van der Waals surface area contributed by atoms with Crippen LogP contribution in [0.25, 0.3) is 22.6 Å². The van der Waals surface area contributed by atoms with Gasteiger partial charge in [-0.1, -0.05) is 25.1 Å². The molecule has 0 unspecified atom stereocenters. The molecule has 27 heavy (non-hydrogen) atoms. The number of furan rings is 1. The Morgan fingerprint density at radius 3 is 2.81 bits per heavy atom. The fourth-order valence-corrected chi connectivity index (χ4v) is 2.60. The minimum absolute atomic E-state index is 0.124. The molecule has 0 spiro atoms. The van der Waals surface area contributed by atoms with Crippen LogP contribution >= 0.6 is 0 Å². The fourth-order valence-electron chi connectivity index (χ4n) is 2.60. The van der Waals surface area contributed by atoms with Crippen LogP contribution in [0.2, 0.25) is 0 Å². The molecule has 4 rings (SSSR count). The summed E-state index contributed by atoms with van der Waals surface area (Å²) < 4.78 is 12.7. The van der Waals surface area contributed by atoms with Crippen LogP contribution in [0, 0.1) is 5.92 Å². The van der Waals surface area contributed by atoms with E-state index >= 15 is 0 Å². The Balaban J connectivity index is 1.66. The lowest BCUT2D eigenvalue weighted by Gasteiger charge is -2.09. The first-order valence-corrected chi connectivity index (χ1v) is 8.59. The molecule has 0 radical (unpaired) electrons. The Morgan fingerprint density at radius 1 is 1.15 bits per heavy atom. The Kier molecular flexibility index (Phi) is 4.41. The smallest absolute Gasteiger partial charge is 0.222 e. The van der Waals surface area contributed by atoms with Gasteiger partial charge in [0.05, 0.1) is 25.1 Å². The SMILES string of the molecule is CC(C)COc1cccc(Cn2nnc3c(-c4ccco4)nc(N)nc32)n1. The first kappa shape index (κ1) is 17.0. The van der Waals surface area contributed by atoms with Crippen LogP contribution in [-0.4, -0.2) is 36.6 Å². The highest BCUT2D eigenvalue weighted by molar-refractivity contribution is 5.85. The highest BCUT2D eigenvalue weighted by atomic mass is 16.5. The van der Waals surface area contributed by atoms with Gasteiger partial charge < -0.3 is 14.9 Å². The molecule has 0 saturated carbocycles. The van der Waals surface area contributed by atoms with Gasteiger partial charge in [0.15, 0.2) is 16.9 Å². The second kappa shape index (κ2) is 7.02. The van der Waals surface area contributed by atoms with Gasteiger partial charge in [-0.05, 0) is 24.1 Å². The molecule has 4 heterocycles. The molecule has 0 atom stereocenters. The maximum atomic E-state index is 5.88. The summed E-state index contributed by atoms with van der Waals surface area (Å²) in [5, 5.41) is 8.40. The predicted molar refractivity (Wildman–Crippen MR) is 98.9 cm³/mol. The summed E-state index contributed by atoms with van der Waals surface area (Å²) in [6.45, 7) is 5.17. The van der Waals surface area contributed by atoms with E-state index in [1.165, 1.54) is 0 Å². The molecule has 0 bridgehead atoms. The Hall–Kier alpha value is -3.49. The molecular weight excluding hydrogens is 346 g/mol. The summed E-state index contributed by atoms with van der Waals surface area (Å²) in [6.07, 6.45) is 1.57. The van der Waals surface area contributed by atoms with Crippen LogP contribution in [0.15, 0.2) is 41.0 Å². The monoisotopic (exact) mass is 365 g/mol. The predicted octanol–water partition coefficient (Wildman–Crippen LogP) is 2.54. The number of nitrogens with two attached hydrogens (primary N) is 1. The van der Waals surface area contributed by atoms with Gasteiger partial charge in [0, 0.05) is 6.07 Å². The van der Waals surface area contributed by atoms with E-state index in [0.29, 0.717) is 47.6 Å². The van der Waals surface area contributed by atoms with Crippen molar-refractivity contribution in [1.29, 1.82) is 0 Å². The molecule has 2 N–H and O–H groups in total. The van der Waals surface area contributed by atoms with E-state index < -0.39 is 0 Å². The summed E-state index contributed by atoms with van der Waals surface area (Å²) in [4.78, 5) is 13.0. The zero-order valence-corrected chi connectivity index (χ0v) is 15.0. The fraction of sp³-hybridized carbons (Fsp3) is 0.278. The molecular formula is C18H19N7O2. The molecule has 4 aromatic heterocycles. The molecule has 0 aromatic carbocycles. The van der Waals surface area contributed by atoms with Crippen LogP contribution in [0.4, 0.5) is 5.95 Å². The minimum Gasteiger partial charge on any atom is -0.477 e. The van der Waals surface area contributed by atoms with E-state index in [1.54, 1.807) is 23.1 Å². The van der Waals surface area contributed by atoms with Crippen molar-refractivity contribution in [2.24, 2.45) is 5.92 Å². The number of nitrogen functional groups attached to an aromatic ring is 1. The van der Waals surface area contributed by atoms with Crippen LogP contribution in [-0.2, 0) is 6.54 Å². The van der Waals surface area contributed by atoms with E-state index in [2.05, 4.69) is 39.1 Å². The molecule has 9 heteroatoms. The molecule has 0 fully saturated rings. The number of hydrogen-bond acceptors (Lipinski definition) is 8. The van der Waals surface area contributed by atoms with Crippen molar-refractivity contribution >= 4 is 17.1 Å². The first-order valence-electron chi connectivity index (χ1n) is 8.59. The average molecular weight is 365 g/mol. The van der Waals surface area contributed by atoms with E-state index in [9.17, 15) is 0 Å². The van der Waals surface area contributed by atoms with Gasteiger partial charge in [0.2, 0.25) is 11.8 Å². The Labute approximate surface area is 155 Å². The van der Waals surface area contributed by atoms with Crippen molar-refractivity contribution < 1.29 is 9.15 Å². The number of aromatic nitrogens is 6. The second-order valence-electron chi connectivity index (χ2n) is 6.50. The molecule has 4 aromatic rings. The van der Waals surface area contributed by atoms with Crippen LogP contribution < -0.4 is 10.5 Å². The van der Waals surface area contributed by atoms with Crippen molar-refractivity contribution in [3.8, 4) is 17.3 Å². The number of anilines is 1. The van der Waals surface area contributed by atoms with Gasteiger partial charge in [-0.2, -0.15) is 4.98 Å². The number of nitrogens with zero attached hydrogens (tertiary/aromatic N) is 6. The lowest BCUT2D eigenvalue weighted by Crippen LogP contribution is -2.09. The molecule has 138 valence electrons. The maximum Gasteiger partial charge on any atom is 0.222 e. The van der Waals surface area contributed by atoms with Crippen molar-refractivity contribution in [3.63, 3.8) is 0 Å². The molecule has 0 aliphatic rings. The van der Waals surface area contributed by atoms with E-state index in [0.717, 1.165) is 5.69 Å². The summed E-state index contributed by atoms with van der Waals surface area (Å²) in [6, 6.07) is 9.19. The van der Waals surface area contributed by atoms with Crippen LogP contribution in [0.3, 0.4) is 0 Å². The van der Waals surface area contributed by atoms with Gasteiger partial charge in [-0.3, -0.25) is 0 Å². The van der Waals surface area contributed by atoms with Gasteiger partial charge in [-0.15, -0.1) is 5.10 Å². The van der Waals surface area contributed by atoms with E-state index in [-0.39, 0.29) is 5.95 Å². The summed E-state index contributed by atoms with van der Waals surface area (Å²) in [7, 11) is 0. The van der Waals surface area contributed by atoms with Crippen LogP contribution in [0.5, 0.6) is 5.88 Å². The molecule has 0 saturated heterocycles. The number of ether oxygens (including phenoxy) is 1. The Morgan fingerprint density at radius 2 is 2.04 bits per heavy atom. The summed E-state index contributed by atoms with van der Waals surface area (Å²) >= 11 is 0. The molecule has 0 aliphatic heterocycles. The first-order chi connectivity index (χ1) is 13.1. The number of hydrogen-bond donors (Lipinski definition) is 1. The van der Waals surface area contributed by atoms with Gasteiger partial charge in [0.25, 0.3) is 0 Å². The third-order valence-corrected chi connectivity index (χ3v) is 3.79. The lowest BCUT2D eigenvalue weighted by molar-refractivity contribution is 0.260. The third-order valence-electron chi connectivity index (χ3n) is 3.79. The van der Waals surface area contributed by atoms with E-state index in [4.69, 9.17) is 14.9 Å². The van der Waals surface area contributed by atoms with Crippen LogP contribution in [0.1, 0.15) is 19.5 Å². The quantitative estimate of drug-likeness (QED) is 0.554. The zero-order chi connectivity index (χ0) is 18.8. The highest BCUT2D eigenvalue weighted by Crippen LogP contribution is 2.25. The minimum atomic E-state index is 0.124. The van der Waals surface area contributed by atoms with Gasteiger partial charge in [0.1, 0.15) is 5.69 Å². The zero-order valence-electron chi connectivity index (χ0n) is 15.0. The largest absolute Gasteiger partial charge is 0.477 e. The maximum absolute atomic E-state index is 5.88. The number of pyridine rings is 1. The number of fused-ring (bicyclic) bond motifs is 1. The second-order valence-corrected chi connectivity index (χ2v) is 6.50. The van der Waals surface area contributed by atoms with Crippen molar-refractivity contribution in [2.75, 3.05) is 12.3 Å². The summed E-state index contributed by atoms with van der Waals surface area (Å²) in [5.41, 5.74) is 8.20. The summed E-state index contributed by atoms with van der Waals surface area (Å²) in [5.74, 6) is 1.69. The standard InChI is InChI=1S/C18H19N7O2/c1-11(2)10-27-14-7-3-5-12(20-14)9-25-17-16(23-24-25)15(21-18(19)22-17)13-6-4-8-26-13/h3-8,11H,9-10H2,1-2H3,(H2,19,21,22). The van der Waals surface area contributed by atoms with Gasteiger partial charge >= 0.3 is 0 Å². The third kappa shape index (κ3) is 3.57. The topological polar surface area (TPSA) is 118 Å². The number of rotatable bonds is 6. The highest BCUT2D eigenvalue weighted by Gasteiger charge is 2.17. The molecule has 9 nitrogen and oxygen atoms in total. The lowest BCUT2D eigenvalue weighted by atomic mass is 10.2. The van der Waals surface area contributed by atoms with Crippen molar-refractivity contribution in [3.05, 3.63) is 42.3 Å². The molecule has 0 amide bonds. The molecule has 0 aliphatic carbocycles.